The van der Waals surface area contributed by atoms with E-state index in [4.69, 9.17) is 39.2 Å². The Balaban J connectivity index is 1.80. The van der Waals surface area contributed by atoms with Gasteiger partial charge in [-0.3, -0.25) is 4.79 Å². The van der Waals surface area contributed by atoms with Crippen LogP contribution in [0.25, 0.3) is 17.4 Å². The second-order valence-corrected chi connectivity index (χ2v) is 6.71. The Labute approximate surface area is 170 Å². The van der Waals surface area contributed by atoms with Crippen LogP contribution < -0.4 is 5.32 Å². The molecule has 1 amide bonds. The van der Waals surface area contributed by atoms with Crippen molar-refractivity contribution in [2.45, 2.75) is 0 Å². The van der Waals surface area contributed by atoms with Gasteiger partial charge < -0.3 is 9.73 Å². The normalized spacial score (nSPS) is 11.1. The molecule has 0 aliphatic heterocycles. The molecule has 27 heavy (non-hydrogen) atoms. The van der Waals surface area contributed by atoms with E-state index in [1.165, 1.54) is 6.08 Å². The first kappa shape index (κ1) is 19.1. The largest absolute Gasteiger partial charge is 0.457 e. The number of furan rings is 1. The summed E-state index contributed by atoms with van der Waals surface area (Å²) >= 11 is 17.7. The van der Waals surface area contributed by atoms with Gasteiger partial charge in [0.15, 0.2) is 0 Å². The molecule has 134 valence electrons. The summed E-state index contributed by atoms with van der Waals surface area (Å²) in [6, 6.07) is 16.9. The number of halogens is 3. The number of nitriles is 1. The summed E-state index contributed by atoms with van der Waals surface area (Å²) < 4.78 is 5.69. The highest BCUT2D eigenvalue weighted by Gasteiger charge is 2.12. The molecule has 0 bridgehead atoms. The van der Waals surface area contributed by atoms with Gasteiger partial charge in [0, 0.05) is 22.3 Å². The van der Waals surface area contributed by atoms with Crippen molar-refractivity contribution in [1.82, 2.24) is 0 Å². The highest BCUT2D eigenvalue weighted by molar-refractivity contribution is 6.42. The molecule has 0 atom stereocenters. The molecule has 0 spiro atoms. The Kier molecular flexibility index (Phi) is 5.88. The third-order valence-corrected chi connectivity index (χ3v) is 4.58. The summed E-state index contributed by atoms with van der Waals surface area (Å²) in [5.41, 5.74) is 1.16. The number of carbonyl (C=O) groups is 1. The fraction of sp³-hybridized carbons (Fsp3) is 0. The topological polar surface area (TPSA) is 66.0 Å². The van der Waals surface area contributed by atoms with E-state index in [9.17, 15) is 10.1 Å². The Bertz CT molecular complexity index is 1060. The van der Waals surface area contributed by atoms with Crippen molar-refractivity contribution in [2.24, 2.45) is 0 Å². The lowest BCUT2D eigenvalue weighted by Crippen LogP contribution is -2.13. The van der Waals surface area contributed by atoms with Crippen LogP contribution >= 0.6 is 34.8 Å². The standard InChI is InChI=1S/C20H11Cl3N2O2/c21-14-2-4-15(5-3-14)25-20(26)13(11-24)9-16-6-8-19(27-16)12-1-7-17(22)18(23)10-12/h1-10H,(H,25,26)/b13-9+. The number of amides is 1. The van der Waals surface area contributed by atoms with Crippen LogP contribution in [0.4, 0.5) is 5.69 Å². The molecule has 3 rings (SSSR count). The highest BCUT2D eigenvalue weighted by atomic mass is 35.5. The minimum atomic E-state index is -0.549. The predicted molar refractivity (Wildman–Crippen MR) is 108 cm³/mol. The van der Waals surface area contributed by atoms with Crippen LogP contribution in [0, 0.1) is 11.3 Å². The molecule has 3 aromatic rings. The van der Waals surface area contributed by atoms with Crippen LogP contribution in [0.1, 0.15) is 5.76 Å². The fourth-order valence-electron chi connectivity index (χ4n) is 2.26. The van der Waals surface area contributed by atoms with Gasteiger partial charge in [0.2, 0.25) is 0 Å². The van der Waals surface area contributed by atoms with Crippen LogP contribution in [-0.4, -0.2) is 5.91 Å². The SMILES string of the molecule is N#C/C(=C\c1ccc(-c2ccc(Cl)c(Cl)c2)o1)C(=O)Nc1ccc(Cl)cc1. The zero-order valence-corrected chi connectivity index (χ0v) is 15.9. The first-order valence-electron chi connectivity index (χ1n) is 7.70. The molecule has 1 N–H and O–H groups in total. The van der Waals surface area contributed by atoms with E-state index in [1.807, 2.05) is 6.07 Å². The van der Waals surface area contributed by atoms with Gasteiger partial charge in [0.1, 0.15) is 23.2 Å². The maximum Gasteiger partial charge on any atom is 0.266 e. The molecule has 4 nitrogen and oxygen atoms in total. The lowest BCUT2D eigenvalue weighted by Gasteiger charge is -2.03. The van der Waals surface area contributed by atoms with Gasteiger partial charge in [-0.25, -0.2) is 0 Å². The van der Waals surface area contributed by atoms with E-state index >= 15 is 0 Å². The Hall–Kier alpha value is -2.71. The Morgan fingerprint density at radius 2 is 1.74 bits per heavy atom. The fourth-order valence-corrected chi connectivity index (χ4v) is 2.68. The maximum absolute atomic E-state index is 12.3. The van der Waals surface area contributed by atoms with E-state index < -0.39 is 5.91 Å². The van der Waals surface area contributed by atoms with Gasteiger partial charge in [0.05, 0.1) is 10.0 Å². The van der Waals surface area contributed by atoms with Crippen LogP contribution in [0.3, 0.4) is 0 Å². The summed E-state index contributed by atoms with van der Waals surface area (Å²) in [6.45, 7) is 0. The number of anilines is 1. The lowest BCUT2D eigenvalue weighted by molar-refractivity contribution is -0.112. The first-order valence-corrected chi connectivity index (χ1v) is 8.83. The summed E-state index contributed by atoms with van der Waals surface area (Å²) in [7, 11) is 0. The van der Waals surface area contributed by atoms with Crippen molar-refractivity contribution in [3.63, 3.8) is 0 Å². The third-order valence-electron chi connectivity index (χ3n) is 3.58. The molecule has 0 radical (unpaired) electrons. The van der Waals surface area contributed by atoms with Gasteiger partial charge in [-0.05, 0) is 54.6 Å². The molecule has 0 fully saturated rings. The van der Waals surface area contributed by atoms with Gasteiger partial charge in [-0.2, -0.15) is 5.26 Å². The maximum atomic E-state index is 12.3. The number of nitrogens with zero attached hydrogens (tertiary/aromatic N) is 1. The molecule has 0 saturated carbocycles. The van der Waals surface area contributed by atoms with Crippen LogP contribution in [0.5, 0.6) is 0 Å². The molecular weight excluding hydrogens is 407 g/mol. The number of nitrogens with one attached hydrogen (secondary N) is 1. The van der Waals surface area contributed by atoms with Crippen molar-refractivity contribution >= 4 is 52.5 Å². The van der Waals surface area contributed by atoms with E-state index in [2.05, 4.69) is 5.32 Å². The molecule has 0 unspecified atom stereocenters. The zero-order chi connectivity index (χ0) is 19.4. The summed E-state index contributed by atoms with van der Waals surface area (Å²) in [5, 5.41) is 13.3. The molecule has 2 aromatic carbocycles. The van der Waals surface area contributed by atoms with Crippen molar-refractivity contribution in [3.05, 3.63) is 81.0 Å². The molecule has 1 aromatic heterocycles. The van der Waals surface area contributed by atoms with Gasteiger partial charge in [-0.1, -0.05) is 34.8 Å². The number of hydrogen-bond donors (Lipinski definition) is 1. The number of rotatable bonds is 4. The van der Waals surface area contributed by atoms with E-state index in [0.29, 0.717) is 32.3 Å². The Morgan fingerprint density at radius 1 is 1.00 bits per heavy atom. The van der Waals surface area contributed by atoms with Crippen LogP contribution in [0.15, 0.2) is 64.6 Å². The average molecular weight is 418 g/mol. The summed E-state index contributed by atoms with van der Waals surface area (Å²) in [5.74, 6) is 0.349. The van der Waals surface area contributed by atoms with Crippen molar-refractivity contribution in [2.75, 3.05) is 5.32 Å². The average Bonchev–Trinajstić information content (AvgIpc) is 3.12. The van der Waals surface area contributed by atoms with Gasteiger partial charge >= 0.3 is 0 Å². The molecule has 0 saturated heterocycles. The van der Waals surface area contributed by atoms with E-state index in [-0.39, 0.29) is 5.57 Å². The highest BCUT2D eigenvalue weighted by Crippen LogP contribution is 2.30. The first-order chi connectivity index (χ1) is 13.0. The van der Waals surface area contributed by atoms with Crippen LogP contribution in [0.2, 0.25) is 15.1 Å². The smallest absolute Gasteiger partial charge is 0.266 e. The molecular formula is C20H11Cl3N2O2. The van der Waals surface area contributed by atoms with Gasteiger partial charge in [0.25, 0.3) is 5.91 Å². The minimum Gasteiger partial charge on any atom is -0.457 e. The zero-order valence-electron chi connectivity index (χ0n) is 13.7. The third kappa shape index (κ3) is 4.72. The molecule has 0 aliphatic carbocycles. The molecule has 7 heteroatoms. The molecule has 0 aliphatic rings. The van der Waals surface area contributed by atoms with E-state index in [0.717, 1.165) is 5.56 Å². The van der Waals surface area contributed by atoms with Crippen molar-refractivity contribution in [1.29, 1.82) is 5.26 Å². The number of hydrogen-bond acceptors (Lipinski definition) is 3. The minimum absolute atomic E-state index is 0.0972. The monoisotopic (exact) mass is 416 g/mol. The lowest BCUT2D eigenvalue weighted by atomic mass is 10.2. The van der Waals surface area contributed by atoms with Crippen LogP contribution in [-0.2, 0) is 4.79 Å². The molecule has 1 heterocycles. The summed E-state index contributed by atoms with van der Waals surface area (Å²) in [6.07, 6.45) is 1.37. The second-order valence-electron chi connectivity index (χ2n) is 5.46. The van der Waals surface area contributed by atoms with Crippen molar-refractivity contribution < 1.29 is 9.21 Å². The number of carbonyl (C=O) groups excluding carboxylic acids is 1. The van der Waals surface area contributed by atoms with E-state index in [1.54, 1.807) is 54.6 Å². The van der Waals surface area contributed by atoms with Gasteiger partial charge in [-0.15, -0.1) is 0 Å². The Morgan fingerprint density at radius 3 is 2.41 bits per heavy atom. The quantitative estimate of drug-likeness (QED) is 0.392. The second kappa shape index (κ2) is 8.32. The summed E-state index contributed by atoms with van der Waals surface area (Å²) in [4.78, 5) is 12.3. The number of benzene rings is 2. The predicted octanol–water partition coefficient (Wildman–Crippen LogP) is 6.45. The van der Waals surface area contributed by atoms with Crippen molar-refractivity contribution in [3.8, 4) is 17.4 Å².